The molecule has 7 nitrogen and oxygen atoms in total. The predicted molar refractivity (Wildman–Crippen MR) is 143 cm³/mol. The van der Waals surface area contributed by atoms with Crippen LogP contribution in [0.25, 0.3) is 28.2 Å². The first-order chi connectivity index (χ1) is 18.3. The van der Waals surface area contributed by atoms with E-state index >= 15 is 0 Å². The van der Waals surface area contributed by atoms with Crippen molar-refractivity contribution in [2.24, 2.45) is 0 Å². The van der Waals surface area contributed by atoms with Crippen LogP contribution in [-0.2, 0) is 22.2 Å². The van der Waals surface area contributed by atoms with Crippen LogP contribution < -0.4 is 17.1 Å². The quantitative estimate of drug-likeness (QED) is 0.128. The molecule has 0 saturated carbocycles. The van der Waals surface area contributed by atoms with E-state index < -0.39 is 47.2 Å². The van der Waals surface area contributed by atoms with Crippen molar-refractivity contribution in [3.8, 4) is 11.1 Å². The number of aliphatic carboxylic acids is 1. The maximum absolute atomic E-state index is 13.5. The molecule has 0 aliphatic heterocycles. The van der Waals surface area contributed by atoms with Crippen LogP contribution >= 0.6 is 11.6 Å². The number of carboxylic acids is 1. The molecule has 4 rings (SSSR count). The summed E-state index contributed by atoms with van der Waals surface area (Å²) >= 11 is 6.20. The zero-order chi connectivity index (χ0) is 28.5. The van der Waals surface area contributed by atoms with Crippen LogP contribution in [0.15, 0.2) is 69.9 Å². The minimum atomic E-state index is -4.95. The van der Waals surface area contributed by atoms with Crippen molar-refractivity contribution in [3.05, 3.63) is 104 Å². The van der Waals surface area contributed by atoms with Gasteiger partial charge in [-0.1, -0.05) is 29.8 Å². The largest absolute Gasteiger partial charge is 0.478 e. The second kappa shape index (κ2) is 11.7. The molecule has 0 fully saturated rings. The summed E-state index contributed by atoms with van der Waals surface area (Å²) in [5.74, 6) is -3.29. The first-order valence-electron chi connectivity index (χ1n) is 11.3. The average molecular weight is 577 g/mol. The van der Waals surface area contributed by atoms with E-state index in [-0.39, 0.29) is 28.9 Å². The number of hydrogen-bond donors (Lipinski definition) is 3. The number of rotatable bonds is 6. The van der Waals surface area contributed by atoms with Gasteiger partial charge in [0, 0.05) is 28.1 Å². The second-order valence-corrected chi connectivity index (χ2v) is 8.96. The highest BCUT2D eigenvalue weighted by Gasteiger charge is 2.34. The lowest BCUT2D eigenvalue weighted by Crippen LogP contribution is -2.22. The number of carboxylic acid groups (broad SMARTS) is 1. The fraction of sp³-hybridized carbons (Fsp3) is 0.107. The molecule has 3 aromatic carbocycles. The Bertz CT molecular complexity index is 1710. The lowest BCUT2D eigenvalue weighted by atomic mass is 9.93. The molecule has 0 radical (unpaired) electrons. The molecule has 0 spiro atoms. The number of benzene rings is 3. The minimum absolute atomic E-state index is 0. The van der Waals surface area contributed by atoms with E-state index in [0.717, 1.165) is 18.2 Å². The highest BCUT2D eigenvalue weighted by molar-refractivity contribution is 6.32. The summed E-state index contributed by atoms with van der Waals surface area (Å²) in [4.78, 5) is 37.0. The molecule has 0 bridgehead atoms. The van der Waals surface area contributed by atoms with Crippen LogP contribution in [0.3, 0.4) is 0 Å². The molecule has 1 aromatic heterocycles. The number of halogens is 5. The second-order valence-electron chi connectivity index (χ2n) is 8.55. The Morgan fingerprint density at radius 1 is 1.10 bits per heavy atom. The Morgan fingerprint density at radius 3 is 2.50 bits per heavy atom. The Morgan fingerprint density at radius 2 is 1.82 bits per heavy atom. The molecule has 0 saturated heterocycles. The average Bonchev–Trinajstić information content (AvgIpc) is 2.85. The minimum Gasteiger partial charge on any atom is -0.478 e. The summed E-state index contributed by atoms with van der Waals surface area (Å²) in [6.07, 6.45) is -3.37. The van der Waals surface area contributed by atoms with Gasteiger partial charge in [0.15, 0.2) is 0 Å². The van der Waals surface area contributed by atoms with Crippen molar-refractivity contribution in [2.45, 2.75) is 19.5 Å². The highest BCUT2D eigenvalue weighted by Crippen LogP contribution is 2.37. The number of anilines is 1. The summed E-state index contributed by atoms with van der Waals surface area (Å²) in [6.45, 7) is 1.71. The Labute approximate surface area is 229 Å². The van der Waals surface area contributed by atoms with Crippen LogP contribution in [0, 0.1) is 12.7 Å². The number of aryl methyl sites for hydroxylation is 1. The number of carbonyl (C=O) groups excluding carboxylic acids is 1. The molecule has 12 heteroatoms. The van der Waals surface area contributed by atoms with E-state index in [1.54, 1.807) is 37.3 Å². The van der Waals surface area contributed by atoms with Crippen LogP contribution in [0.2, 0.25) is 5.02 Å². The molecule has 208 valence electrons. The number of amides is 1. The van der Waals surface area contributed by atoms with E-state index in [0.29, 0.717) is 27.1 Å². The predicted octanol–water partition coefficient (Wildman–Crippen LogP) is 7.02. The zero-order valence-electron chi connectivity index (χ0n) is 20.7. The third kappa shape index (κ3) is 6.56. The molecule has 0 atom stereocenters. The molecule has 40 heavy (non-hydrogen) atoms. The standard InChI is InChI=1S/C28H18ClF4NO5.H3N/c1-14-9-18-23(13-21(14)29)39-27(38)19(26(18)16-4-2-3-15(10-16)5-8-25(36)37)12-24(35)34-22-7-6-17(30)11-20(22)28(31,32)33;/h2-11,13H,12H2,1H3,(H,34,35)(H,36,37);1H3/b8-5+;. The highest BCUT2D eigenvalue weighted by atomic mass is 35.5. The van der Waals surface area contributed by atoms with Crippen molar-refractivity contribution in [1.82, 2.24) is 6.15 Å². The first kappa shape index (κ1) is 30.1. The van der Waals surface area contributed by atoms with Gasteiger partial charge in [-0.25, -0.2) is 14.0 Å². The van der Waals surface area contributed by atoms with E-state index in [9.17, 15) is 31.9 Å². The molecule has 0 aliphatic rings. The summed E-state index contributed by atoms with van der Waals surface area (Å²) in [7, 11) is 0. The van der Waals surface area contributed by atoms with Gasteiger partial charge in [-0.05, 0) is 60.0 Å². The van der Waals surface area contributed by atoms with Crippen LogP contribution in [0.5, 0.6) is 0 Å². The molecule has 1 heterocycles. The lowest BCUT2D eigenvalue weighted by molar-refractivity contribution is -0.137. The molecule has 0 aliphatic carbocycles. The van der Waals surface area contributed by atoms with E-state index in [1.165, 1.54) is 12.1 Å². The van der Waals surface area contributed by atoms with E-state index in [4.69, 9.17) is 21.1 Å². The van der Waals surface area contributed by atoms with Gasteiger partial charge in [0.25, 0.3) is 0 Å². The van der Waals surface area contributed by atoms with Gasteiger partial charge in [0.2, 0.25) is 5.91 Å². The Kier molecular flexibility index (Phi) is 8.81. The Hall–Kier alpha value is -4.48. The van der Waals surface area contributed by atoms with Crippen molar-refractivity contribution >= 4 is 46.2 Å². The number of fused-ring (bicyclic) bond motifs is 1. The summed E-state index contributed by atoms with van der Waals surface area (Å²) in [5.41, 5.74) is -1.25. The first-order valence-corrected chi connectivity index (χ1v) is 11.6. The molecule has 1 amide bonds. The van der Waals surface area contributed by atoms with Crippen LogP contribution in [0.4, 0.5) is 23.2 Å². The molecular formula is C28H21ClF4N2O5. The monoisotopic (exact) mass is 576 g/mol. The van der Waals surface area contributed by atoms with Crippen LogP contribution in [0.1, 0.15) is 22.3 Å². The number of carbonyl (C=O) groups is 2. The molecule has 4 aromatic rings. The summed E-state index contributed by atoms with van der Waals surface area (Å²) < 4.78 is 59.1. The number of hydrogen-bond acceptors (Lipinski definition) is 5. The van der Waals surface area contributed by atoms with Crippen LogP contribution in [-0.4, -0.2) is 17.0 Å². The van der Waals surface area contributed by atoms with Gasteiger partial charge in [-0.15, -0.1) is 0 Å². The van der Waals surface area contributed by atoms with Crippen molar-refractivity contribution in [3.63, 3.8) is 0 Å². The maximum Gasteiger partial charge on any atom is 0.418 e. The van der Waals surface area contributed by atoms with Crippen molar-refractivity contribution in [2.75, 3.05) is 5.32 Å². The van der Waals surface area contributed by atoms with Gasteiger partial charge in [-0.2, -0.15) is 13.2 Å². The molecule has 0 unspecified atom stereocenters. The topological polar surface area (TPSA) is 132 Å². The third-order valence-corrected chi connectivity index (χ3v) is 6.18. The normalized spacial score (nSPS) is 11.4. The van der Waals surface area contributed by atoms with Crippen molar-refractivity contribution < 1.29 is 36.7 Å². The molecule has 5 N–H and O–H groups in total. The maximum atomic E-state index is 13.5. The smallest absolute Gasteiger partial charge is 0.418 e. The Balaban J connectivity index is 0.00000441. The third-order valence-electron chi connectivity index (χ3n) is 5.77. The van der Waals surface area contributed by atoms with Gasteiger partial charge in [0.1, 0.15) is 11.4 Å². The lowest BCUT2D eigenvalue weighted by Gasteiger charge is -2.16. The fourth-order valence-corrected chi connectivity index (χ4v) is 4.19. The van der Waals surface area contributed by atoms with Gasteiger partial charge >= 0.3 is 17.8 Å². The SMILES string of the molecule is Cc1cc2c(-c3cccc(/C=C/C(=O)O)c3)c(CC(=O)Nc3ccc(F)cc3C(F)(F)F)c(=O)oc2cc1Cl.N. The van der Waals surface area contributed by atoms with Crippen molar-refractivity contribution in [1.29, 1.82) is 0 Å². The number of alkyl halides is 3. The number of nitrogens with one attached hydrogen (secondary N) is 1. The summed E-state index contributed by atoms with van der Waals surface area (Å²) in [5, 5.41) is 11.8. The molecular weight excluding hydrogens is 556 g/mol. The van der Waals surface area contributed by atoms with Gasteiger partial charge in [-0.3, -0.25) is 4.79 Å². The van der Waals surface area contributed by atoms with E-state index in [1.807, 2.05) is 0 Å². The fourth-order valence-electron chi connectivity index (χ4n) is 4.04. The van der Waals surface area contributed by atoms with E-state index in [2.05, 4.69) is 5.32 Å². The van der Waals surface area contributed by atoms with Gasteiger partial charge in [0.05, 0.1) is 23.2 Å². The summed E-state index contributed by atoms with van der Waals surface area (Å²) in [6, 6.07) is 11.3. The zero-order valence-corrected chi connectivity index (χ0v) is 21.5. The van der Waals surface area contributed by atoms with Gasteiger partial charge < -0.3 is 21.0 Å².